The van der Waals surface area contributed by atoms with Crippen molar-refractivity contribution in [3.8, 4) is 0 Å². The van der Waals surface area contributed by atoms with E-state index in [0.717, 1.165) is 42.5 Å². The molecule has 0 fully saturated rings. The number of anilines is 2. The zero-order chi connectivity index (χ0) is 14.4. The van der Waals surface area contributed by atoms with Crippen LogP contribution in [0.15, 0.2) is 18.6 Å². The van der Waals surface area contributed by atoms with Gasteiger partial charge in [0.15, 0.2) is 11.5 Å². The Bertz CT molecular complexity index is 539. The molecule has 2 N–H and O–H groups in total. The van der Waals surface area contributed by atoms with E-state index in [1.54, 1.807) is 6.20 Å². The molecule has 2 heterocycles. The Morgan fingerprint density at radius 3 is 3.00 bits per heavy atom. The summed E-state index contributed by atoms with van der Waals surface area (Å²) in [5.41, 5.74) is 0.878. The SMILES string of the molecule is CCCNc1cn2ccnc2c(NCC(C)CSC)n1. The van der Waals surface area contributed by atoms with Crippen molar-refractivity contribution in [1.82, 2.24) is 14.4 Å². The lowest BCUT2D eigenvalue weighted by molar-refractivity contribution is 0.699. The number of hydrogen-bond acceptors (Lipinski definition) is 5. The van der Waals surface area contributed by atoms with Crippen molar-refractivity contribution in [1.29, 1.82) is 0 Å². The van der Waals surface area contributed by atoms with Gasteiger partial charge in [-0.05, 0) is 24.3 Å². The maximum absolute atomic E-state index is 4.63. The van der Waals surface area contributed by atoms with Crippen molar-refractivity contribution in [2.75, 3.05) is 35.7 Å². The van der Waals surface area contributed by atoms with Crippen LogP contribution in [0.4, 0.5) is 11.6 Å². The molecule has 0 saturated carbocycles. The molecule has 0 aliphatic heterocycles. The van der Waals surface area contributed by atoms with Crippen LogP contribution in [0.5, 0.6) is 0 Å². The van der Waals surface area contributed by atoms with Crippen molar-refractivity contribution in [3.63, 3.8) is 0 Å². The number of fused-ring (bicyclic) bond motifs is 1. The third-order valence-corrected chi connectivity index (χ3v) is 3.90. The Kier molecular flexibility index (Phi) is 5.52. The van der Waals surface area contributed by atoms with E-state index in [9.17, 15) is 0 Å². The molecule has 20 heavy (non-hydrogen) atoms. The van der Waals surface area contributed by atoms with Gasteiger partial charge in [-0.15, -0.1) is 0 Å². The highest BCUT2D eigenvalue weighted by molar-refractivity contribution is 7.98. The summed E-state index contributed by atoms with van der Waals surface area (Å²) in [7, 11) is 0. The molecule has 0 aromatic carbocycles. The van der Waals surface area contributed by atoms with Crippen LogP contribution in [0.25, 0.3) is 5.65 Å². The highest BCUT2D eigenvalue weighted by Gasteiger charge is 2.08. The van der Waals surface area contributed by atoms with Gasteiger partial charge in [-0.2, -0.15) is 11.8 Å². The quantitative estimate of drug-likeness (QED) is 0.783. The van der Waals surface area contributed by atoms with Crippen LogP contribution >= 0.6 is 11.8 Å². The minimum Gasteiger partial charge on any atom is -0.369 e. The fraction of sp³-hybridized carbons (Fsp3) is 0.571. The minimum atomic E-state index is 0.606. The Balaban J connectivity index is 2.14. The van der Waals surface area contributed by atoms with Crippen LogP contribution in [0.3, 0.4) is 0 Å². The van der Waals surface area contributed by atoms with Gasteiger partial charge >= 0.3 is 0 Å². The van der Waals surface area contributed by atoms with Crippen LogP contribution < -0.4 is 10.6 Å². The Labute approximate surface area is 124 Å². The topological polar surface area (TPSA) is 54.2 Å². The molecule has 0 amide bonds. The molecule has 0 bridgehead atoms. The molecule has 0 radical (unpaired) electrons. The first-order chi connectivity index (χ1) is 9.74. The second-order valence-corrected chi connectivity index (χ2v) is 5.91. The average Bonchev–Trinajstić information content (AvgIpc) is 2.91. The average molecular weight is 293 g/mol. The van der Waals surface area contributed by atoms with Crippen LogP contribution in [0, 0.1) is 5.92 Å². The van der Waals surface area contributed by atoms with E-state index in [1.165, 1.54) is 0 Å². The molecular formula is C14H23N5S. The van der Waals surface area contributed by atoms with Crippen molar-refractivity contribution in [2.24, 2.45) is 5.92 Å². The minimum absolute atomic E-state index is 0.606. The summed E-state index contributed by atoms with van der Waals surface area (Å²) >= 11 is 1.87. The van der Waals surface area contributed by atoms with Crippen LogP contribution in [-0.4, -0.2) is 39.5 Å². The Hall–Kier alpha value is -1.43. The first-order valence-electron chi connectivity index (χ1n) is 7.05. The molecule has 1 atom stereocenters. The highest BCUT2D eigenvalue weighted by Crippen LogP contribution is 2.17. The summed E-state index contributed by atoms with van der Waals surface area (Å²) < 4.78 is 2.01. The predicted molar refractivity (Wildman–Crippen MR) is 87.8 cm³/mol. The van der Waals surface area contributed by atoms with Gasteiger partial charge in [0.05, 0.1) is 6.20 Å². The molecule has 6 heteroatoms. The second-order valence-electron chi connectivity index (χ2n) is 5.00. The Morgan fingerprint density at radius 1 is 1.40 bits per heavy atom. The van der Waals surface area contributed by atoms with Gasteiger partial charge in [0, 0.05) is 25.5 Å². The van der Waals surface area contributed by atoms with E-state index in [-0.39, 0.29) is 0 Å². The summed E-state index contributed by atoms with van der Waals surface area (Å²) in [5, 5.41) is 6.75. The fourth-order valence-electron chi connectivity index (χ4n) is 2.00. The number of rotatable bonds is 8. The molecule has 2 aromatic rings. The zero-order valence-electron chi connectivity index (χ0n) is 12.4. The zero-order valence-corrected chi connectivity index (χ0v) is 13.2. The van der Waals surface area contributed by atoms with Gasteiger partial charge < -0.3 is 15.0 Å². The third-order valence-electron chi connectivity index (χ3n) is 3.00. The van der Waals surface area contributed by atoms with Crippen LogP contribution in [0.2, 0.25) is 0 Å². The van der Waals surface area contributed by atoms with E-state index in [1.807, 2.05) is 28.6 Å². The fourth-order valence-corrected chi connectivity index (χ4v) is 2.69. The smallest absolute Gasteiger partial charge is 0.180 e. The molecule has 110 valence electrons. The first-order valence-corrected chi connectivity index (χ1v) is 8.44. The maximum atomic E-state index is 4.63. The number of imidazole rings is 1. The van der Waals surface area contributed by atoms with Crippen molar-refractivity contribution in [2.45, 2.75) is 20.3 Å². The van der Waals surface area contributed by atoms with Gasteiger partial charge in [0.2, 0.25) is 0 Å². The van der Waals surface area contributed by atoms with Crippen molar-refractivity contribution >= 4 is 29.0 Å². The Morgan fingerprint density at radius 2 is 2.25 bits per heavy atom. The molecule has 2 aromatic heterocycles. The molecule has 0 saturated heterocycles. The predicted octanol–water partition coefficient (Wildman–Crippen LogP) is 2.96. The second kappa shape index (κ2) is 7.38. The third kappa shape index (κ3) is 3.79. The van der Waals surface area contributed by atoms with E-state index in [4.69, 9.17) is 0 Å². The molecular weight excluding hydrogens is 270 g/mol. The molecule has 5 nitrogen and oxygen atoms in total. The van der Waals surface area contributed by atoms with Gasteiger partial charge in [-0.25, -0.2) is 9.97 Å². The molecule has 0 aliphatic rings. The van der Waals surface area contributed by atoms with Crippen LogP contribution in [0.1, 0.15) is 20.3 Å². The lowest BCUT2D eigenvalue weighted by Gasteiger charge is -2.14. The maximum Gasteiger partial charge on any atom is 0.180 e. The molecule has 2 rings (SSSR count). The molecule has 0 spiro atoms. The first kappa shape index (κ1) is 15.0. The standard InChI is InChI=1S/C14H23N5S/c1-4-5-15-12-9-19-7-6-16-14(19)13(18-12)17-8-11(2)10-20-3/h6-7,9,11,15H,4-5,8,10H2,1-3H3,(H,17,18). The number of thioether (sulfide) groups is 1. The number of nitrogens with zero attached hydrogens (tertiary/aromatic N) is 3. The lowest BCUT2D eigenvalue weighted by Crippen LogP contribution is -2.15. The van der Waals surface area contributed by atoms with Gasteiger partial charge in [0.25, 0.3) is 0 Å². The largest absolute Gasteiger partial charge is 0.369 e. The monoisotopic (exact) mass is 293 g/mol. The van der Waals surface area contributed by atoms with Crippen LogP contribution in [-0.2, 0) is 0 Å². The van der Waals surface area contributed by atoms with E-state index in [0.29, 0.717) is 5.92 Å². The van der Waals surface area contributed by atoms with E-state index < -0.39 is 0 Å². The van der Waals surface area contributed by atoms with Gasteiger partial charge in [-0.1, -0.05) is 13.8 Å². The summed E-state index contributed by atoms with van der Waals surface area (Å²) in [6.07, 6.45) is 8.95. The van der Waals surface area contributed by atoms with Gasteiger partial charge in [-0.3, -0.25) is 0 Å². The summed E-state index contributed by atoms with van der Waals surface area (Å²) in [4.78, 5) is 9.00. The lowest BCUT2D eigenvalue weighted by atomic mass is 10.2. The number of hydrogen-bond donors (Lipinski definition) is 2. The highest BCUT2D eigenvalue weighted by atomic mass is 32.2. The summed E-state index contributed by atoms with van der Waals surface area (Å²) in [5.74, 6) is 3.49. The summed E-state index contributed by atoms with van der Waals surface area (Å²) in [6, 6.07) is 0. The van der Waals surface area contributed by atoms with Crippen molar-refractivity contribution in [3.05, 3.63) is 18.6 Å². The molecule has 1 unspecified atom stereocenters. The van der Waals surface area contributed by atoms with E-state index >= 15 is 0 Å². The molecule has 0 aliphatic carbocycles. The van der Waals surface area contributed by atoms with Crippen molar-refractivity contribution < 1.29 is 0 Å². The number of aromatic nitrogens is 3. The van der Waals surface area contributed by atoms with E-state index in [2.05, 4.69) is 40.7 Å². The van der Waals surface area contributed by atoms with Gasteiger partial charge in [0.1, 0.15) is 5.82 Å². The number of nitrogens with one attached hydrogen (secondary N) is 2. The normalized spacial score (nSPS) is 12.6. The summed E-state index contributed by atoms with van der Waals surface area (Å²) in [6.45, 7) is 6.22.